The van der Waals surface area contributed by atoms with Crippen LogP contribution in [0.15, 0.2) is 30.5 Å². The van der Waals surface area contributed by atoms with E-state index in [-0.39, 0.29) is 5.92 Å². The molecular weight excluding hydrogens is 138 g/mol. The zero-order valence-corrected chi connectivity index (χ0v) is 6.21. The van der Waals surface area contributed by atoms with Gasteiger partial charge in [0.2, 0.25) is 0 Å². The molecule has 1 N–H and O–H groups in total. The third kappa shape index (κ3) is 1.82. The topological polar surface area (TPSA) is 29.1 Å². The van der Waals surface area contributed by atoms with Gasteiger partial charge < -0.3 is 5.32 Å². The molecule has 11 heavy (non-hydrogen) atoms. The summed E-state index contributed by atoms with van der Waals surface area (Å²) in [6, 6.07) is 0. The summed E-state index contributed by atoms with van der Waals surface area (Å²) in [6.45, 7) is 5.28. The van der Waals surface area contributed by atoms with Crippen molar-refractivity contribution in [1.29, 1.82) is 0 Å². The van der Waals surface area contributed by atoms with Crippen molar-refractivity contribution in [3.8, 4) is 0 Å². The van der Waals surface area contributed by atoms with Gasteiger partial charge in [-0.15, -0.1) is 6.58 Å². The highest BCUT2D eigenvalue weighted by Gasteiger charge is 2.13. The van der Waals surface area contributed by atoms with Crippen molar-refractivity contribution in [2.45, 2.75) is 6.42 Å². The van der Waals surface area contributed by atoms with E-state index >= 15 is 0 Å². The molecule has 0 aliphatic carbocycles. The van der Waals surface area contributed by atoms with Gasteiger partial charge in [-0.3, -0.25) is 0 Å². The van der Waals surface area contributed by atoms with E-state index < -0.39 is 0 Å². The Bertz CT molecular complexity index is 224. The van der Waals surface area contributed by atoms with Crippen molar-refractivity contribution < 1.29 is 4.79 Å². The molecule has 0 aromatic heterocycles. The largest absolute Gasteiger partial charge is 0.382 e. The lowest BCUT2D eigenvalue weighted by Crippen LogP contribution is -2.15. The SMILES string of the molecule is C=CCC1C=CN[CH]C1=C=O. The highest BCUT2D eigenvalue weighted by atomic mass is 16.1. The molecule has 0 aromatic rings. The Balaban J connectivity index is 2.72. The first-order valence-electron chi connectivity index (χ1n) is 3.50. The van der Waals surface area contributed by atoms with E-state index in [2.05, 4.69) is 11.9 Å². The zero-order chi connectivity index (χ0) is 8.10. The molecule has 0 saturated heterocycles. The first-order chi connectivity index (χ1) is 5.38. The van der Waals surface area contributed by atoms with Crippen LogP contribution in [0.4, 0.5) is 0 Å². The highest BCUT2D eigenvalue weighted by Crippen LogP contribution is 2.18. The van der Waals surface area contributed by atoms with Gasteiger partial charge in [0, 0.05) is 11.5 Å². The Morgan fingerprint density at radius 3 is 3.27 bits per heavy atom. The summed E-state index contributed by atoms with van der Waals surface area (Å²) in [5.41, 5.74) is 0.660. The van der Waals surface area contributed by atoms with E-state index in [1.165, 1.54) is 0 Å². The zero-order valence-electron chi connectivity index (χ0n) is 6.21. The molecule has 0 saturated carbocycles. The minimum atomic E-state index is 0.159. The summed E-state index contributed by atoms with van der Waals surface area (Å²) in [5.74, 6) is 2.05. The average molecular weight is 148 g/mol. The van der Waals surface area contributed by atoms with Gasteiger partial charge in [-0.25, -0.2) is 4.79 Å². The summed E-state index contributed by atoms with van der Waals surface area (Å²) in [5, 5.41) is 2.83. The van der Waals surface area contributed by atoms with Crippen LogP contribution in [0.3, 0.4) is 0 Å². The molecule has 1 radical (unpaired) electrons. The second-order valence-electron chi connectivity index (χ2n) is 2.36. The minimum Gasteiger partial charge on any atom is -0.382 e. The maximum Gasteiger partial charge on any atom is 0.126 e. The fourth-order valence-electron chi connectivity index (χ4n) is 1.01. The standard InChI is InChI=1S/C9H10NO/c1-2-3-8-4-5-10-6-9(8)7-11/h2,4-6,8,10H,1,3H2. The number of hydrogen-bond acceptors (Lipinski definition) is 2. The van der Waals surface area contributed by atoms with E-state index in [9.17, 15) is 4.79 Å². The molecule has 2 nitrogen and oxygen atoms in total. The number of nitrogens with one attached hydrogen (secondary N) is 1. The maximum atomic E-state index is 10.3. The molecule has 0 spiro atoms. The lowest BCUT2D eigenvalue weighted by molar-refractivity contribution is 0.562. The lowest BCUT2D eigenvalue weighted by Gasteiger charge is -2.15. The van der Waals surface area contributed by atoms with Crippen LogP contribution < -0.4 is 5.32 Å². The molecule has 0 aromatic carbocycles. The second-order valence-corrected chi connectivity index (χ2v) is 2.36. The first kappa shape index (κ1) is 7.83. The van der Waals surface area contributed by atoms with Crippen molar-refractivity contribution in [2.75, 3.05) is 0 Å². The van der Waals surface area contributed by atoms with Crippen molar-refractivity contribution in [2.24, 2.45) is 5.92 Å². The Kier molecular flexibility index (Phi) is 2.70. The van der Waals surface area contributed by atoms with Crippen molar-refractivity contribution in [3.05, 3.63) is 37.0 Å². The molecule has 1 aliphatic rings. The quantitative estimate of drug-likeness (QED) is 0.471. The Labute approximate surface area is 66.3 Å². The molecule has 1 aliphatic heterocycles. The Morgan fingerprint density at radius 2 is 2.64 bits per heavy atom. The molecule has 0 amide bonds. The highest BCUT2D eigenvalue weighted by molar-refractivity contribution is 5.58. The van der Waals surface area contributed by atoms with Gasteiger partial charge in [0.05, 0.1) is 6.54 Å². The molecule has 1 unspecified atom stereocenters. The summed E-state index contributed by atoms with van der Waals surface area (Å²) in [7, 11) is 0. The molecular formula is C9H10NO. The van der Waals surface area contributed by atoms with E-state index in [1.807, 2.05) is 18.2 Å². The van der Waals surface area contributed by atoms with Crippen LogP contribution in [-0.2, 0) is 4.79 Å². The predicted octanol–water partition coefficient (Wildman–Crippen LogP) is 1.22. The number of rotatable bonds is 2. The summed E-state index contributed by atoms with van der Waals surface area (Å²) < 4.78 is 0. The van der Waals surface area contributed by atoms with Gasteiger partial charge in [0.25, 0.3) is 0 Å². The third-order valence-electron chi connectivity index (χ3n) is 1.60. The summed E-state index contributed by atoms with van der Waals surface area (Å²) in [4.78, 5) is 10.3. The smallest absolute Gasteiger partial charge is 0.126 e. The molecule has 0 fully saturated rings. The van der Waals surface area contributed by atoms with Gasteiger partial charge in [-0.2, -0.15) is 0 Å². The maximum absolute atomic E-state index is 10.3. The van der Waals surface area contributed by atoms with E-state index in [4.69, 9.17) is 0 Å². The third-order valence-corrected chi connectivity index (χ3v) is 1.60. The second kappa shape index (κ2) is 3.79. The van der Waals surface area contributed by atoms with E-state index in [0.717, 1.165) is 6.42 Å². The van der Waals surface area contributed by atoms with Crippen LogP contribution in [0.1, 0.15) is 6.42 Å². The van der Waals surface area contributed by atoms with Crippen molar-refractivity contribution in [3.63, 3.8) is 0 Å². The van der Waals surface area contributed by atoms with Crippen LogP contribution in [0.25, 0.3) is 0 Å². The molecule has 2 heteroatoms. The van der Waals surface area contributed by atoms with Gasteiger partial charge >= 0.3 is 0 Å². The summed E-state index contributed by atoms with van der Waals surface area (Å²) in [6.07, 6.45) is 6.34. The van der Waals surface area contributed by atoms with Crippen molar-refractivity contribution in [1.82, 2.24) is 5.32 Å². The van der Waals surface area contributed by atoms with Gasteiger partial charge in [-0.05, 0) is 12.6 Å². The lowest BCUT2D eigenvalue weighted by atomic mass is 9.95. The molecule has 1 rings (SSSR count). The fourth-order valence-corrected chi connectivity index (χ4v) is 1.01. The molecule has 1 heterocycles. The first-order valence-corrected chi connectivity index (χ1v) is 3.50. The molecule has 1 atom stereocenters. The molecule has 0 bridgehead atoms. The average Bonchev–Trinajstić information content (AvgIpc) is 2.06. The van der Waals surface area contributed by atoms with Crippen LogP contribution in [0.2, 0.25) is 0 Å². The van der Waals surface area contributed by atoms with Crippen LogP contribution in [-0.4, -0.2) is 5.94 Å². The van der Waals surface area contributed by atoms with Gasteiger partial charge in [0.1, 0.15) is 5.94 Å². The minimum absolute atomic E-state index is 0.159. The monoisotopic (exact) mass is 148 g/mol. The van der Waals surface area contributed by atoms with Crippen LogP contribution in [0, 0.1) is 12.5 Å². The van der Waals surface area contributed by atoms with Crippen molar-refractivity contribution >= 4 is 5.94 Å². The van der Waals surface area contributed by atoms with Gasteiger partial charge in [0.15, 0.2) is 0 Å². The number of carbonyl (C=O) groups excluding carboxylic acids is 1. The van der Waals surface area contributed by atoms with E-state index in [1.54, 1.807) is 12.6 Å². The normalized spacial score (nSPS) is 22.2. The Morgan fingerprint density at radius 1 is 1.82 bits per heavy atom. The van der Waals surface area contributed by atoms with Gasteiger partial charge in [-0.1, -0.05) is 12.2 Å². The summed E-state index contributed by atoms with van der Waals surface area (Å²) >= 11 is 0. The predicted molar refractivity (Wildman–Crippen MR) is 44.1 cm³/mol. The van der Waals surface area contributed by atoms with E-state index in [0.29, 0.717) is 5.57 Å². The Hall–Kier alpha value is -1.27. The number of hydrogen-bond donors (Lipinski definition) is 1. The fraction of sp³-hybridized carbons (Fsp3) is 0.222. The van der Waals surface area contributed by atoms with Crippen LogP contribution >= 0.6 is 0 Å². The van der Waals surface area contributed by atoms with Crippen LogP contribution in [0.5, 0.6) is 0 Å². The molecule has 57 valence electrons. The number of allylic oxidation sites excluding steroid dienone is 2.